The summed E-state index contributed by atoms with van der Waals surface area (Å²) < 4.78 is 38.3. The number of hydrazine groups is 1. The Morgan fingerprint density at radius 2 is 2.05 bits per heavy atom. The molecule has 4 nitrogen and oxygen atoms in total. The molecule has 0 fully saturated rings. The minimum absolute atomic E-state index is 0.117. The summed E-state index contributed by atoms with van der Waals surface area (Å²) in [6.45, 7) is 2.36. The number of benzene rings is 1. The Morgan fingerprint density at radius 1 is 1.37 bits per heavy atom. The third-order valence-corrected chi connectivity index (χ3v) is 2.57. The molecule has 0 aliphatic carbocycles. The number of rotatable bonds is 5. The molecule has 0 radical (unpaired) electrons. The zero-order valence-electron chi connectivity index (χ0n) is 10.5. The number of hydrogen-bond donors (Lipinski definition) is 3. The monoisotopic (exact) mass is 275 g/mol. The van der Waals surface area contributed by atoms with Crippen molar-refractivity contribution in [2.45, 2.75) is 25.9 Å². The van der Waals surface area contributed by atoms with Crippen LogP contribution in [0, 0.1) is 0 Å². The highest BCUT2D eigenvalue weighted by atomic mass is 19.4. The van der Waals surface area contributed by atoms with Gasteiger partial charge in [-0.3, -0.25) is 10.6 Å². The average Bonchev–Trinajstić information content (AvgIpc) is 2.36. The van der Waals surface area contributed by atoms with Gasteiger partial charge in [0.05, 0.1) is 16.8 Å². The van der Waals surface area contributed by atoms with Gasteiger partial charge in [0.1, 0.15) is 0 Å². The fourth-order valence-corrected chi connectivity index (χ4v) is 1.61. The molecule has 0 saturated carbocycles. The van der Waals surface area contributed by atoms with Crippen molar-refractivity contribution in [2.24, 2.45) is 5.84 Å². The molecule has 1 aromatic carbocycles. The van der Waals surface area contributed by atoms with E-state index in [-0.39, 0.29) is 5.56 Å². The van der Waals surface area contributed by atoms with Crippen LogP contribution in [-0.2, 0) is 6.18 Å². The lowest BCUT2D eigenvalue weighted by Crippen LogP contribution is -2.27. The van der Waals surface area contributed by atoms with E-state index in [1.165, 1.54) is 12.1 Å². The normalized spacial score (nSPS) is 11.2. The van der Waals surface area contributed by atoms with E-state index in [1.54, 1.807) is 0 Å². The maximum absolute atomic E-state index is 12.8. The number of nitrogen functional groups attached to an aromatic ring is 1. The maximum atomic E-state index is 12.8. The Kier molecular flexibility index (Phi) is 5.17. The second-order valence-electron chi connectivity index (χ2n) is 3.98. The number of nitrogens with two attached hydrogens (primary N) is 1. The van der Waals surface area contributed by atoms with Gasteiger partial charge >= 0.3 is 6.18 Å². The first-order valence-corrected chi connectivity index (χ1v) is 5.86. The smallest absolute Gasteiger partial charge is 0.352 e. The number of anilines is 1. The van der Waals surface area contributed by atoms with E-state index in [4.69, 9.17) is 5.84 Å². The second kappa shape index (κ2) is 6.42. The number of amides is 1. The van der Waals surface area contributed by atoms with E-state index in [1.807, 2.05) is 12.3 Å². The van der Waals surface area contributed by atoms with E-state index in [0.717, 1.165) is 18.9 Å². The fourth-order valence-electron chi connectivity index (χ4n) is 1.61. The van der Waals surface area contributed by atoms with Gasteiger partial charge < -0.3 is 10.7 Å². The van der Waals surface area contributed by atoms with Gasteiger partial charge in [0, 0.05) is 6.54 Å². The molecular formula is C12H16F3N3O. The molecule has 0 aliphatic heterocycles. The van der Waals surface area contributed by atoms with Crippen molar-refractivity contribution in [3.05, 3.63) is 29.3 Å². The van der Waals surface area contributed by atoms with Crippen LogP contribution in [0.1, 0.15) is 35.7 Å². The fraction of sp³-hybridized carbons (Fsp3) is 0.417. The van der Waals surface area contributed by atoms with Crippen LogP contribution in [0.4, 0.5) is 18.9 Å². The number of nitrogens with one attached hydrogen (secondary N) is 2. The Labute approximate surface area is 109 Å². The highest BCUT2D eigenvalue weighted by molar-refractivity contribution is 6.00. The largest absolute Gasteiger partial charge is 0.418 e. The summed E-state index contributed by atoms with van der Waals surface area (Å²) in [4.78, 5) is 11.8. The van der Waals surface area contributed by atoms with Gasteiger partial charge in [0.25, 0.3) is 5.91 Å². The van der Waals surface area contributed by atoms with Crippen molar-refractivity contribution in [2.75, 3.05) is 12.0 Å². The molecule has 7 heteroatoms. The molecule has 0 aliphatic rings. The summed E-state index contributed by atoms with van der Waals surface area (Å²) in [6.07, 6.45) is -2.93. The molecule has 1 amide bonds. The van der Waals surface area contributed by atoms with Gasteiger partial charge in [-0.1, -0.05) is 19.4 Å². The van der Waals surface area contributed by atoms with Crippen LogP contribution in [0.2, 0.25) is 0 Å². The summed E-state index contributed by atoms with van der Waals surface area (Å²) in [5.74, 6) is 4.53. The molecule has 0 unspecified atom stereocenters. The average molecular weight is 275 g/mol. The van der Waals surface area contributed by atoms with Gasteiger partial charge in [-0.2, -0.15) is 13.2 Å². The van der Waals surface area contributed by atoms with Gasteiger partial charge in [-0.15, -0.1) is 0 Å². The van der Waals surface area contributed by atoms with Crippen LogP contribution in [0.15, 0.2) is 18.2 Å². The van der Waals surface area contributed by atoms with Crippen molar-refractivity contribution in [3.63, 3.8) is 0 Å². The van der Waals surface area contributed by atoms with Crippen molar-refractivity contribution in [1.29, 1.82) is 0 Å². The molecule has 1 aromatic rings. The highest BCUT2D eigenvalue weighted by Crippen LogP contribution is 2.36. The molecule has 0 saturated heterocycles. The zero-order chi connectivity index (χ0) is 14.5. The summed E-state index contributed by atoms with van der Waals surface area (Å²) in [7, 11) is 0. The Hall–Kier alpha value is -1.76. The molecule has 4 N–H and O–H groups in total. The van der Waals surface area contributed by atoms with Crippen LogP contribution in [0.3, 0.4) is 0 Å². The molecule has 19 heavy (non-hydrogen) atoms. The first kappa shape index (κ1) is 15.3. The second-order valence-corrected chi connectivity index (χ2v) is 3.98. The topological polar surface area (TPSA) is 67.2 Å². The van der Waals surface area contributed by atoms with Crippen molar-refractivity contribution in [1.82, 2.24) is 5.32 Å². The zero-order valence-corrected chi connectivity index (χ0v) is 10.5. The predicted octanol–water partition coefficient (Wildman–Crippen LogP) is 2.52. The number of alkyl halides is 3. The van der Waals surface area contributed by atoms with Crippen molar-refractivity contribution >= 4 is 11.6 Å². The highest BCUT2D eigenvalue weighted by Gasteiger charge is 2.35. The number of carbonyl (C=O) groups is 1. The van der Waals surface area contributed by atoms with Gasteiger partial charge in [-0.25, -0.2) is 0 Å². The van der Waals surface area contributed by atoms with Gasteiger partial charge in [0.2, 0.25) is 0 Å². The number of halogens is 3. The van der Waals surface area contributed by atoms with Crippen molar-refractivity contribution < 1.29 is 18.0 Å². The lowest BCUT2D eigenvalue weighted by Gasteiger charge is -2.15. The first-order valence-electron chi connectivity index (χ1n) is 5.86. The number of carbonyl (C=O) groups excluding carboxylic acids is 1. The maximum Gasteiger partial charge on any atom is 0.418 e. The van der Waals surface area contributed by atoms with E-state index in [2.05, 4.69) is 5.32 Å². The van der Waals surface area contributed by atoms with Crippen LogP contribution < -0.4 is 16.6 Å². The summed E-state index contributed by atoms with van der Waals surface area (Å²) in [6, 6.07) is 3.35. The lowest BCUT2D eigenvalue weighted by molar-refractivity contribution is -0.137. The first-order chi connectivity index (χ1) is 8.91. The summed E-state index contributed by atoms with van der Waals surface area (Å²) in [5, 5.41) is 2.55. The van der Waals surface area contributed by atoms with E-state index >= 15 is 0 Å². The van der Waals surface area contributed by atoms with Crippen LogP contribution in [0.25, 0.3) is 0 Å². The van der Waals surface area contributed by atoms with Crippen LogP contribution in [-0.4, -0.2) is 12.5 Å². The molecule has 0 spiro atoms. The molecule has 0 bridgehead atoms. The van der Waals surface area contributed by atoms with Gasteiger partial charge in [-0.05, 0) is 18.6 Å². The van der Waals surface area contributed by atoms with E-state index in [0.29, 0.717) is 6.54 Å². The molecule has 0 heterocycles. The minimum Gasteiger partial charge on any atom is -0.352 e. The summed E-state index contributed by atoms with van der Waals surface area (Å²) in [5.41, 5.74) is 0.471. The Balaban J connectivity index is 3.04. The lowest BCUT2D eigenvalue weighted by atomic mass is 10.1. The number of hydrogen-bond acceptors (Lipinski definition) is 3. The Bertz CT molecular complexity index is 446. The van der Waals surface area contributed by atoms with Crippen LogP contribution in [0.5, 0.6) is 0 Å². The van der Waals surface area contributed by atoms with E-state index < -0.39 is 23.3 Å². The van der Waals surface area contributed by atoms with Crippen molar-refractivity contribution in [3.8, 4) is 0 Å². The molecule has 0 atom stereocenters. The molecule has 106 valence electrons. The molecule has 1 rings (SSSR count). The summed E-state index contributed by atoms with van der Waals surface area (Å²) >= 11 is 0. The SMILES string of the molecule is CCCCNC(=O)c1cccc(C(F)(F)F)c1NN. The quantitative estimate of drug-likeness (QED) is 0.439. The number of unbranched alkanes of at least 4 members (excludes halogenated alkanes) is 1. The minimum atomic E-state index is -4.57. The Morgan fingerprint density at radius 3 is 2.58 bits per heavy atom. The third kappa shape index (κ3) is 3.85. The predicted molar refractivity (Wildman–Crippen MR) is 66.5 cm³/mol. The van der Waals surface area contributed by atoms with Gasteiger partial charge in [0.15, 0.2) is 0 Å². The van der Waals surface area contributed by atoms with Crippen LogP contribution >= 0.6 is 0 Å². The molecular weight excluding hydrogens is 259 g/mol. The van der Waals surface area contributed by atoms with E-state index in [9.17, 15) is 18.0 Å². The standard InChI is InChI=1S/C12H16F3N3O/c1-2-3-7-17-11(19)8-5-4-6-9(10(8)18-16)12(13,14)15/h4-6,18H,2-3,7,16H2,1H3,(H,17,19). The molecule has 0 aromatic heterocycles. The number of para-hydroxylation sites is 1. The third-order valence-electron chi connectivity index (χ3n) is 2.57.